The topological polar surface area (TPSA) is 41.5 Å². The van der Waals surface area contributed by atoms with Gasteiger partial charge in [-0.05, 0) is 24.7 Å². The van der Waals surface area contributed by atoms with Crippen molar-refractivity contribution in [1.29, 1.82) is 0 Å². The maximum atomic E-state index is 9.39. The molecule has 14 heavy (non-hydrogen) atoms. The van der Waals surface area contributed by atoms with E-state index in [-0.39, 0.29) is 0 Å². The summed E-state index contributed by atoms with van der Waals surface area (Å²) < 4.78 is 5.50. The normalized spacial score (nSPS) is 19.9. The first kappa shape index (κ1) is 9.34. The predicted molar refractivity (Wildman–Crippen MR) is 54.6 cm³/mol. The monoisotopic (exact) mass is 193 g/mol. The van der Waals surface area contributed by atoms with Gasteiger partial charge < -0.3 is 15.2 Å². The van der Waals surface area contributed by atoms with Gasteiger partial charge in [0.25, 0.3) is 0 Å². The van der Waals surface area contributed by atoms with Gasteiger partial charge in [0.05, 0.1) is 6.61 Å². The van der Waals surface area contributed by atoms with E-state index in [9.17, 15) is 5.11 Å². The van der Waals surface area contributed by atoms with Crippen molar-refractivity contribution in [3.05, 3.63) is 23.8 Å². The average molecular weight is 193 g/mol. The van der Waals surface area contributed by atoms with Crippen LogP contribution >= 0.6 is 0 Å². The molecule has 0 saturated heterocycles. The molecule has 76 valence electrons. The van der Waals surface area contributed by atoms with Crippen molar-refractivity contribution in [3.8, 4) is 11.5 Å². The number of phenolic OH excluding ortho intramolecular Hbond substituents is 1. The second-order valence-corrected chi connectivity index (χ2v) is 3.47. The van der Waals surface area contributed by atoms with E-state index in [0.717, 1.165) is 30.9 Å². The van der Waals surface area contributed by atoms with Crippen molar-refractivity contribution < 1.29 is 9.84 Å². The number of nitrogens with one attached hydrogen (secondary N) is 1. The van der Waals surface area contributed by atoms with Crippen LogP contribution in [0.1, 0.15) is 24.9 Å². The van der Waals surface area contributed by atoms with Gasteiger partial charge in [-0.1, -0.05) is 6.92 Å². The number of benzene rings is 1. The molecule has 0 amide bonds. The van der Waals surface area contributed by atoms with Gasteiger partial charge in [-0.15, -0.1) is 0 Å². The second-order valence-electron chi connectivity index (χ2n) is 3.47. The van der Waals surface area contributed by atoms with Crippen LogP contribution in [0.4, 0.5) is 0 Å². The van der Waals surface area contributed by atoms with Crippen LogP contribution in [0.5, 0.6) is 11.5 Å². The summed E-state index contributed by atoms with van der Waals surface area (Å²) in [7, 11) is 0. The van der Waals surface area contributed by atoms with Crippen molar-refractivity contribution in [2.75, 3.05) is 13.2 Å². The number of fused-ring (bicyclic) bond motifs is 1. The molecule has 1 atom stereocenters. The van der Waals surface area contributed by atoms with E-state index < -0.39 is 0 Å². The quantitative estimate of drug-likeness (QED) is 0.752. The molecular weight excluding hydrogens is 178 g/mol. The Kier molecular flexibility index (Phi) is 2.59. The van der Waals surface area contributed by atoms with Crippen LogP contribution < -0.4 is 10.1 Å². The Morgan fingerprint density at radius 2 is 2.43 bits per heavy atom. The van der Waals surface area contributed by atoms with Crippen molar-refractivity contribution in [3.63, 3.8) is 0 Å². The predicted octanol–water partition coefficient (Wildman–Crippen LogP) is 1.83. The van der Waals surface area contributed by atoms with Crippen LogP contribution in [0.3, 0.4) is 0 Å². The van der Waals surface area contributed by atoms with Crippen LogP contribution in [-0.2, 0) is 0 Å². The first-order chi connectivity index (χ1) is 6.81. The Morgan fingerprint density at radius 1 is 1.57 bits per heavy atom. The number of hydrogen-bond donors (Lipinski definition) is 2. The summed E-state index contributed by atoms with van der Waals surface area (Å²) in [5, 5.41) is 12.8. The zero-order valence-corrected chi connectivity index (χ0v) is 8.29. The molecule has 3 heteroatoms. The molecule has 1 aromatic carbocycles. The first-order valence-electron chi connectivity index (χ1n) is 5.00. The molecule has 2 N–H and O–H groups in total. The van der Waals surface area contributed by atoms with Crippen LogP contribution in [0.2, 0.25) is 0 Å². The lowest BCUT2D eigenvalue weighted by molar-refractivity contribution is 0.253. The van der Waals surface area contributed by atoms with E-state index >= 15 is 0 Å². The van der Waals surface area contributed by atoms with Gasteiger partial charge in [-0.25, -0.2) is 0 Å². The summed E-state index contributed by atoms with van der Waals surface area (Å²) >= 11 is 0. The molecule has 0 bridgehead atoms. The smallest absolute Gasteiger partial charge is 0.124 e. The van der Waals surface area contributed by atoms with Crippen molar-refractivity contribution in [2.45, 2.75) is 19.4 Å². The van der Waals surface area contributed by atoms with Gasteiger partial charge in [0.2, 0.25) is 0 Å². The minimum Gasteiger partial charge on any atom is -0.508 e. The van der Waals surface area contributed by atoms with Crippen LogP contribution in [0, 0.1) is 0 Å². The lowest BCUT2D eigenvalue weighted by Crippen LogP contribution is -2.26. The molecule has 0 aliphatic carbocycles. The Bertz CT molecular complexity index is 325. The van der Waals surface area contributed by atoms with Crippen molar-refractivity contribution >= 4 is 0 Å². The van der Waals surface area contributed by atoms with E-state index in [4.69, 9.17) is 4.74 Å². The molecule has 0 fully saturated rings. The third-order valence-corrected chi connectivity index (χ3v) is 2.48. The number of phenols is 1. The van der Waals surface area contributed by atoms with E-state index in [1.807, 2.05) is 6.07 Å². The Morgan fingerprint density at radius 3 is 3.21 bits per heavy atom. The minimum absolute atomic E-state index is 0.303. The molecular formula is C11H15NO2. The molecule has 3 nitrogen and oxygen atoms in total. The summed E-state index contributed by atoms with van der Waals surface area (Å²) in [6.45, 7) is 3.76. The van der Waals surface area contributed by atoms with E-state index in [0.29, 0.717) is 11.8 Å². The van der Waals surface area contributed by atoms with Crippen molar-refractivity contribution in [2.24, 2.45) is 0 Å². The molecule has 1 heterocycles. The lowest BCUT2D eigenvalue weighted by atomic mass is 10.0. The highest BCUT2D eigenvalue weighted by atomic mass is 16.5. The van der Waals surface area contributed by atoms with Gasteiger partial charge in [0.15, 0.2) is 0 Å². The van der Waals surface area contributed by atoms with E-state index in [1.54, 1.807) is 12.1 Å². The maximum absolute atomic E-state index is 9.39. The zero-order chi connectivity index (χ0) is 9.97. The molecule has 0 radical (unpaired) electrons. The standard InChI is InChI=1S/C11H15NO2/c1-2-12-10-5-6-14-11-4-3-8(13)7-9(10)11/h3-4,7,10,12-13H,2,5-6H2,1H3. The third-order valence-electron chi connectivity index (χ3n) is 2.48. The molecule has 0 saturated carbocycles. The molecule has 1 aliphatic rings. The fourth-order valence-corrected chi connectivity index (χ4v) is 1.84. The van der Waals surface area contributed by atoms with Crippen LogP contribution in [0.15, 0.2) is 18.2 Å². The SMILES string of the molecule is CCNC1CCOc2ccc(O)cc21. The van der Waals surface area contributed by atoms with Crippen LogP contribution in [0.25, 0.3) is 0 Å². The highest BCUT2D eigenvalue weighted by Gasteiger charge is 2.20. The molecule has 2 rings (SSSR count). The molecule has 1 unspecified atom stereocenters. The summed E-state index contributed by atoms with van der Waals surface area (Å²) in [6.07, 6.45) is 0.963. The summed E-state index contributed by atoms with van der Waals surface area (Å²) in [5.41, 5.74) is 1.07. The zero-order valence-electron chi connectivity index (χ0n) is 8.29. The second kappa shape index (κ2) is 3.88. The van der Waals surface area contributed by atoms with E-state index in [1.165, 1.54) is 0 Å². The number of ether oxygens (including phenoxy) is 1. The minimum atomic E-state index is 0.303. The highest BCUT2D eigenvalue weighted by Crippen LogP contribution is 2.34. The van der Waals surface area contributed by atoms with Crippen LogP contribution in [-0.4, -0.2) is 18.3 Å². The first-order valence-corrected chi connectivity index (χ1v) is 5.00. The molecule has 0 spiro atoms. The fraction of sp³-hybridized carbons (Fsp3) is 0.455. The molecule has 1 aromatic rings. The van der Waals surface area contributed by atoms with Crippen molar-refractivity contribution in [1.82, 2.24) is 5.32 Å². The van der Waals surface area contributed by atoms with E-state index in [2.05, 4.69) is 12.2 Å². The molecule has 0 aromatic heterocycles. The average Bonchev–Trinajstić information content (AvgIpc) is 2.19. The Labute approximate surface area is 83.7 Å². The highest BCUT2D eigenvalue weighted by molar-refractivity contribution is 5.42. The van der Waals surface area contributed by atoms with Gasteiger partial charge >= 0.3 is 0 Å². The molecule has 1 aliphatic heterocycles. The maximum Gasteiger partial charge on any atom is 0.124 e. The van der Waals surface area contributed by atoms with Gasteiger partial charge in [0, 0.05) is 18.0 Å². The summed E-state index contributed by atoms with van der Waals surface area (Å²) in [4.78, 5) is 0. The number of aromatic hydroxyl groups is 1. The Hall–Kier alpha value is -1.22. The summed E-state index contributed by atoms with van der Waals surface area (Å²) in [6, 6.07) is 5.58. The largest absolute Gasteiger partial charge is 0.508 e. The fourth-order valence-electron chi connectivity index (χ4n) is 1.84. The Balaban J connectivity index is 2.32. The number of hydrogen-bond acceptors (Lipinski definition) is 3. The van der Waals surface area contributed by atoms with Gasteiger partial charge in [-0.3, -0.25) is 0 Å². The summed E-state index contributed by atoms with van der Waals surface area (Å²) in [5.74, 6) is 1.19. The lowest BCUT2D eigenvalue weighted by Gasteiger charge is -2.26. The van der Waals surface area contributed by atoms with Gasteiger partial charge in [0.1, 0.15) is 11.5 Å². The van der Waals surface area contributed by atoms with Gasteiger partial charge in [-0.2, -0.15) is 0 Å². The number of rotatable bonds is 2. The third kappa shape index (κ3) is 1.68.